The Hall–Kier alpha value is -3.88. The molecule has 0 radical (unpaired) electrons. The molecule has 3 aromatic carbocycles. The second-order valence-corrected chi connectivity index (χ2v) is 15.5. The van der Waals surface area contributed by atoms with Crippen LogP contribution in [-0.4, -0.2) is 34.6 Å². The van der Waals surface area contributed by atoms with Gasteiger partial charge in [-0.25, -0.2) is 0 Å². The van der Waals surface area contributed by atoms with Gasteiger partial charge in [-0.1, -0.05) is 51.5 Å². The molecule has 246 valence electrons. The van der Waals surface area contributed by atoms with E-state index in [1.807, 2.05) is 6.07 Å². The Bertz CT molecular complexity index is 2030. The lowest BCUT2D eigenvalue weighted by Gasteiger charge is -2.43. The molecule has 2 saturated carbocycles. The third-order valence-electron chi connectivity index (χ3n) is 9.90. The molecule has 48 heavy (non-hydrogen) atoms. The molecule has 8 rings (SSSR count). The van der Waals surface area contributed by atoms with Crippen molar-refractivity contribution < 1.29 is 32.3 Å². The number of thiazole rings is 1. The summed E-state index contributed by atoms with van der Waals surface area (Å²) in [5.41, 5.74) is 0.0595. The Kier molecular flexibility index (Phi) is 7.60. The topological polar surface area (TPSA) is 109 Å². The van der Waals surface area contributed by atoms with Gasteiger partial charge < -0.3 is 15.0 Å². The number of nitrogens with zero attached hydrogens (tertiary/aromatic N) is 1. The van der Waals surface area contributed by atoms with Crippen molar-refractivity contribution in [1.82, 2.24) is 4.98 Å². The number of H-pyrrole nitrogens is 1. The number of nitrogens with one attached hydrogen (secondary N) is 2. The highest BCUT2D eigenvalue weighted by Gasteiger charge is 2.69. The average Bonchev–Trinajstić information content (AvgIpc) is 3.79. The number of aromatic amines is 1. The lowest BCUT2D eigenvalue weighted by molar-refractivity contribution is -0.137. The van der Waals surface area contributed by atoms with Gasteiger partial charge in [0.2, 0.25) is 11.8 Å². The highest BCUT2D eigenvalue weighted by Crippen LogP contribution is 2.68. The Morgan fingerprint density at radius 2 is 1.71 bits per heavy atom. The molecule has 2 bridgehead atoms. The van der Waals surface area contributed by atoms with Crippen molar-refractivity contribution in [3.63, 3.8) is 0 Å². The summed E-state index contributed by atoms with van der Waals surface area (Å²) in [7, 11) is 0. The number of para-hydroxylation sites is 1. The summed E-state index contributed by atoms with van der Waals surface area (Å²) in [5.74, 6) is -2.12. The molecule has 0 spiro atoms. The van der Waals surface area contributed by atoms with Crippen LogP contribution in [0.15, 0.2) is 87.1 Å². The molecule has 4 aliphatic rings. The first-order chi connectivity index (χ1) is 23.0. The number of imide groups is 1. The standard InChI is InChI=1S/C34H25BrF3N3O5S2/c35-16-8-10-17(11-9-16)41-31(43)26-19-13-20(27(26)32(41)44)28-25(19)24(29-30(47-28)40-33(45)48-29)15-4-3-5-18(12-15)46-14-23(42)39-22-7-2-1-6-21(22)34(36,37)38/h1-12,19-20,24-28H,13-14H2,(H,39,42)(H,40,45)/t19-,20-,24+,25-,26+,27+,28-/m1/s1. The lowest BCUT2D eigenvalue weighted by atomic mass is 9.68. The largest absolute Gasteiger partial charge is 0.484 e. The maximum absolute atomic E-state index is 14.0. The highest BCUT2D eigenvalue weighted by molar-refractivity contribution is 9.10. The number of hydrogen-bond acceptors (Lipinski definition) is 7. The van der Waals surface area contributed by atoms with E-state index < -0.39 is 36.1 Å². The van der Waals surface area contributed by atoms with Gasteiger partial charge in [0.1, 0.15) is 5.75 Å². The molecule has 3 fully saturated rings. The first-order valence-electron chi connectivity index (χ1n) is 15.2. The molecule has 1 saturated heterocycles. The third kappa shape index (κ3) is 5.10. The number of alkyl halides is 3. The fraction of sp³-hybridized carbons (Fsp3) is 0.294. The summed E-state index contributed by atoms with van der Waals surface area (Å²) in [4.78, 5) is 58.0. The number of hydrogen-bond donors (Lipinski definition) is 2. The number of carbonyl (C=O) groups excluding carboxylic acids is 3. The molecule has 0 unspecified atom stereocenters. The molecule has 2 aliphatic heterocycles. The van der Waals surface area contributed by atoms with Gasteiger partial charge >= 0.3 is 11.0 Å². The number of anilines is 2. The van der Waals surface area contributed by atoms with E-state index in [9.17, 15) is 32.3 Å². The number of rotatable bonds is 6. The van der Waals surface area contributed by atoms with E-state index in [1.165, 1.54) is 23.1 Å². The molecule has 4 aromatic rings. The summed E-state index contributed by atoms with van der Waals surface area (Å²) in [5, 5.41) is 3.04. The van der Waals surface area contributed by atoms with Crippen molar-refractivity contribution in [1.29, 1.82) is 0 Å². The van der Waals surface area contributed by atoms with Crippen LogP contribution in [0.2, 0.25) is 0 Å². The number of halogens is 4. The molecular weight excluding hydrogens is 731 g/mol. The van der Waals surface area contributed by atoms with Crippen LogP contribution in [0.25, 0.3) is 0 Å². The molecule has 8 nitrogen and oxygen atoms in total. The Morgan fingerprint density at radius 3 is 2.46 bits per heavy atom. The third-order valence-corrected chi connectivity index (χ3v) is 13.0. The quantitative estimate of drug-likeness (QED) is 0.207. The van der Waals surface area contributed by atoms with Crippen LogP contribution in [0.5, 0.6) is 5.75 Å². The highest BCUT2D eigenvalue weighted by atomic mass is 79.9. The van der Waals surface area contributed by atoms with Crippen LogP contribution >= 0.6 is 39.0 Å². The Labute approximate surface area is 288 Å². The average molecular weight is 757 g/mol. The summed E-state index contributed by atoms with van der Waals surface area (Å²) in [6.45, 7) is -0.526. The summed E-state index contributed by atoms with van der Waals surface area (Å²) >= 11 is 6.12. The van der Waals surface area contributed by atoms with Gasteiger partial charge in [0.25, 0.3) is 5.91 Å². The Balaban J connectivity index is 1.07. The smallest absolute Gasteiger partial charge is 0.418 e. The fourth-order valence-corrected chi connectivity index (χ4v) is 11.4. The predicted molar refractivity (Wildman–Crippen MR) is 177 cm³/mol. The zero-order valence-electron chi connectivity index (χ0n) is 24.7. The SMILES string of the molecule is O=C(COc1cccc([C@@H]2c3sc(=O)[nH]c3S[C@@H]3[C@@H]4C[C@@H]([C@@H]5C(=O)N(c6ccc(Br)cc6)C(=O)[C@@H]45)[C@H]23)c1)Nc1ccccc1C(F)(F)F. The van der Waals surface area contributed by atoms with Gasteiger partial charge in [-0.3, -0.25) is 24.1 Å². The van der Waals surface area contributed by atoms with Crippen molar-refractivity contribution in [3.05, 3.63) is 103 Å². The van der Waals surface area contributed by atoms with Crippen molar-refractivity contribution in [3.8, 4) is 5.75 Å². The Morgan fingerprint density at radius 1 is 0.979 bits per heavy atom. The van der Waals surface area contributed by atoms with Crippen LogP contribution in [0.4, 0.5) is 24.5 Å². The summed E-state index contributed by atoms with van der Waals surface area (Å²) < 4.78 is 46.8. The maximum atomic E-state index is 14.0. The molecule has 3 amide bonds. The van der Waals surface area contributed by atoms with E-state index in [-0.39, 0.29) is 51.3 Å². The van der Waals surface area contributed by atoms with Crippen molar-refractivity contribution in [2.75, 3.05) is 16.8 Å². The molecule has 2 N–H and O–H groups in total. The number of thioether (sulfide) groups is 1. The van der Waals surface area contributed by atoms with Gasteiger partial charge in [-0.15, -0.1) is 11.8 Å². The maximum Gasteiger partial charge on any atom is 0.418 e. The molecule has 2 aliphatic carbocycles. The van der Waals surface area contributed by atoms with Crippen LogP contribution in [0.3, 0.4) is 0 Å². The molecule has 7 atom stereocenters. The van der Waals surface area contributed by atoms with Gasteiger partial charge in [0.15, 0.2) is 6.61 Å². The fourth-order valence-electron chi connectivity index (χ4n) is 8.21. The summed E-state index contributed by atoms with van der Waals surface area (Å²) in [6, 6.07) is 19.0. The van der Waals surface area contributed by atoms with Crippen molar-refractivity contribution in [2.45, 2.75) is 28.8 Å². The second kappa shape index (κ2) is 11.6. The van der Waals surface area contributed by atoms with Crippen molar-refractivity contribution >= 4 is 68.1 Å². The van der Waals surface area contributed by atoms with E-state index in [0.29, 0.717) is 11.4 Å². The molecule has 3 heterocycles. The van der Waals surface area contributed by atoms with Crippen LogP contribution in [0, 0.1) is 29.6 Å². The van der Waals surface area contributed by atoms with Crippen LogP contribution in [0.1, 0.15) is 28.3 Å². The second-order valence-electron chi connectivity index (χ2n) is 12.4. The van der Waals surface area contributed by atoms with Gasteiger partial charge in [-0.2, -0.15) is 13.2 Å². The zero-order chi connectivity index (χ0) is 33.5. The predicted octanol–water partition coefficient (Wildman–Crippen LogP) is 6.91. The molecular formula is C34H25BrF3N3O5S2. The monoisotopic (exact) mass is 755 g/mol. The number of fused-ring (bicyclic) bond motifs is 9. The van der Waals surface area contributed by atoms with E-state index in [4.69, 9.17) is 4.74 Å². The number of carbonyl (C=O) groups is 3. The zero-order valence-corrected chi connectivity index (χ0v) is 27.9. The number of ether oxygens (including phenoxy) is 1. The minimum absolute atomic E-state index is 0.00956. The summed E-state index contributed by atoms with van der Waals surface area (Å²) in [6.07, 6.45) is -3.90. The normalized spacial score (nSPS) is 27.1. The van der Waals surface area contributed by atoms with Gasteiger partial charge in [0.05, 0.1) is 33.8 Å². The number of benzene rings is 3. The first kappa shape index (κ1) is 31.4. The van der Waals surface area contributed by atoms with E-state index in [0.717, 1.165) is 43.8 Å². The van der Waals surface area contributed by atoms with E-state index in [1.54, 1.807) is 54.2 Å². The lowest BCUT2D eigenvalue weighted by Crippen LogP contribution is -2.42. The minimum atomic E-state index is -4.63. The number of aromatic nitrogens is 1. The van der Waals surface area contributed by atoms with Crippen molar-refractivity contribution in [2.24, 2.45) is 29.6 Å². The van der Waals surface area contributed by atoms with Crippen LogP contribution < -0.4 is 19.8 Å². The number of amides is 3. The van der Waals surface area contributed by atoms with Gasteiger partial charge in [-0.05, 0) is 78.3 Å². The first-order valence-corrected chi connectivity index (χ1v) is 17.7. The van der Waals surface area contributed by atoms with E-state index >= 15 is 0 Å². The van der Waals surface area contributed by atoms with Gasteiger partial charge in [0, 0.05) is 20.5 Å². The van der Waals surface area contributed by atoms with Crippen LogP contribution in [-0.2, 0) is 20.6 Å². The minimum Gasteiger partial charge on any atom is -0.484 e. The van der Waals surface area contributed by atoms with E-state index in [2.05, 4.69) is 26.2 Å². The molecule has 1 aromatic heterocycles. The molecule has 14 heteroatoms.